The maximum Gasteiger partial charge on any atom is 0.320 e. The lowest BCUT2D eigenvalue weighted by atomic mass is 10.1. The van der Waals surface area contributed by atoms with Crippen molar-refractivity contribution in [3.05, 3.63) is 18.0 Å². The van der Waals surface area contributed by atoms with E-state index in [4.69, 9.17) is 5.11 Å². The van der Waals surface area contributed by atoms with Crippen LogP contribution in [0.5, 0.6) is 0 Å². The van der Waals surface area contributed by atoms with Gasteiger partial charge in [0.2, 0.25) is 0 Å². The molecule has 0 aliphatic rings. The second kappa shape index (κ2) is 8.47. The fourth-order valence-electron chi connectivity index (χ4n) is 2.46. The zero-order chi connectivity index (χ0) is 16.7. The molecule has 3 N–H and O–H groups in total. The van der Waals surface area contributed by atoms with Crippen LogP contribution in [0.2, 0.25) is 0 Å². The predicted octanol–water partition coefficient (Wildman–Crippen LogP) is 2.30. The summed E-state index contributed by atoms with van der Waals surface area (Å²) in [4.78, 5) is 16.4. The molecule has 0 aliphatic heterocycles. The van der Waals surface area contributed by atoms with Crippen LogP contribution in [0.1, 0.15) is 38.8 Å². The topological polar surface area (TPSA) is 92.1 Å². The lowest BCUT2D eigenvalue weighted by molar-refractivity contribution is 0.252. The smallest absolute Gasteiger partial charge is 0.320 e. The number of carbonyl (C=O) groups is 1. The molecule has 0 spiro atoms. The third kappa shape index (κ3) is 4.41. The van der Waals surface area contributed by atoms with Crippen molar-refractivity contribution in [1.29, 1.82) is 0 Å². The lowest BCUT2D eigenvalue weighted by Gasteiger charge is -2.10. The van der Waals surface area contributed by atoms with Crippen molar-refractivity contribution < 1.29 is 9.90 Å². The summed E-state index contributed by atoms with van der Waals surface area (Å²) in [6.07, 6.45) is 5.04. The van der Waals surface area contributed by atoms with Crippen molar-refractivity contribution in [2.75, 3.05) is 18.5 Å². The first-order valence-corrected chi connectivity index (χ1v) is 8.20. The van der Waals surface area contributed by atoms with E-state index in [0.717, 1.165) is 36.0 Å². The van der Waals surface area contributed by atoms with E-state index in [1.54, 1.807) is 6.20 Å². The molecule has 0 unspecified atom stereocenters. The van der Waals surface area contributed by atoms with E-state index in [-0.39, 0.29) is 12.6 Å². The number of nitrogens with one attached hydrogen (secondary N) is 2. The van der Waals surface area contributed by atoms with Crippen LogP contribution in [0.3, 0.4) is 0 Å². The van der Waals surface area contributed by atoms with E-state index in [2.05, 4.69) is 27.6 Å². The number of carbonyl (C=O) groups excluding carboxylic acids is 1. The van der Waals surface area contributed by atoms with E-state index < -0.39 is 0 Å². The predicted molar refractivity (Wildman–Crippen MR) is 90.5 cm³/mol. The van der Waals surface area contributed by atoms with Crippen molar-refractivity contribution in [3.63, 3.8) is 0 Å². The Morgan fingerprint density at radius 3 is 2.87 bits per heavy atom. The molecule has 7 nitrogen and oxygen atoms in total. The molecule has 0 saturated carbocycles. The average Bonchev–Trinajstić information content (AvgIpc) is 2.96. The van der Waals surface area contributed by atoms with Gasteiger partial charge in [-0.05, 0) is 32.3 Å². The van der Waals surface area contributed by atoms with Crippen LogP contribution in [-0.4, -0.2) is 39.1 Å². The third-order valence-electron chi connectivity index (χ3n) is 3.62. The van der Waals surface area contributed by atoms with Crippen LogP contribution in [0.4, 0.5) is 10.6 Å². The molecule has 23 heavy (non-hydrogen) atoms. The molecular formula is C16H25N5O2. The SMILES string of the molecule is CCCCNC(=O)Nc1cc2cnn(CC)c2c(CCCO)n1. The Morgan fingerprint density at radius 2 is 2.17 bits per heavy atom. The zero-order valence-corrected chi connectivity index (χ0v) is 13.8. The number of amides is 2. The van der Waals surface area contributed by atoms with Gasteiger partial charge in [-0.1, -0.05) is 13.3 Å². The number of fused-ring (bicyclic) bond motifs is 1. The first-order chi connectivity index (χ1) is 11.2. The van der Waals surface area contributed by atoms with Gasteiger partial charge in [-0.2, -0.15) is 5.10 Å². The molecule has 0 atom stereocenters. The van der Waals surface area contributed by atoms with Crippen LogP contribution in [0.15, 0.2) is 12.3 Å². The summed E-state index contributed by atoms with van der Waals surface area (Å²) in [5.74, 6) is 0.509. The Bertz CT molecular complexity index is 653. The van der Waals surface area contributed by atoms with Crippen molar-refractivity contribution in [2.24, 2.45) is 0 Å². The van der Waals surface area contributed by atoms with Gasteiger partial charge in [-0.15, -0.1) is 0 Å². The minimum Gasteiger partial charge on any atom is -0.396 e. The monoisotopic (exact) mass is 319 g/mol. The average molecular weight is 319 g/mol. The summed E-state index contributed by atoms with van der Waals surface area (Å²) in [6.45, 7) is 5.61. The number of pyridine rings is 1. The maximum absolute atomic E-state index is 11.9. The van der Waals surface area contributed by atoms with Gasteiger partial charge in [0.15, 0.2) is 0 Å². The van der Waals surface area contributed by atoms with Gasteiger partial charge in [0.05, 0.1) is 17.4 Å². The molecule has 0 saturated heterocycles. The van der Waals surface area contributed by atoms with Gasteiger partial charge in [0.25, 0.3) is 0 Å². The third-order valence-corrected chi connectivity index (χ3v) is 3.62. The largest absolute Gasteiger partial charge is 0.396 e. The van der Waals surface area contributed by atoms with E-state index >= 15 is 0 Å². The van der Waals surface area contributed by atoms with Crippen LogP contribution >= 0.6 is 0 Å². The van der Waals surface area contributed by atoms with Gasteiger partial charge in [0, 0.05) is 25.1 Å². The summed E-state index contributed by atoms with van der Waals surface area (Å²) in [6, 6.07) is 1.58. The van der Waals surface area contributed by atoms with Crippen LogP contribution in [0.25, 0.3) is 10.9 Å². The highest BCUT2D eigenvalue weighted by Crippen LogP contribution is 2.22. The van der Waals surface area contributed by atoms with Crippen molar-refractivity contribution in [3.8, 4) is 0 Å². The van der Waals surface area contributed by atoms with E-state index in [9.17, 15) is 4.79 Å². The highest BCUT2D eigenvalue weighted by atomic mass is 16.3. The number of rotatable bonds is 8. The van der Waals surface area contributed by atoms with Crippen molar-refractivity contribution >= 4 is 22.8 Å². The second-order valence-corrected chi connectivity index (χ2v) is 5.41. The normalized spacial score (nSPS) is 10.9. The fourth-order valence-corrected chi connectivity index (χ4v) is 2.46. The fraction of sp³-hybridized carbons (Fsp3) is 0.562. The summed E-state index contributed by atoms with van der Waals surface area (Å²) in [5, 5.41) is 20.0. The standard InChI is InChI=1S/C16H25N5O2/c1-3-5-8-17-16(23)20-14-10-12-11-18-21(4-2)15(12)13(19-14)7-6-9-22/h10-11,22H,3-9H2,1-2H3,(H2,17,19,20,23). The molecule has 0 bridgehead atoms. The zero-order valence-electron chi connectivity index (χ0n) is 13.8. The number of aromatic nitrogens is 3. The number of anilines is 1. The van der Waals surface area contributed by atoms with E-state index in [0.29, 0.717) is 25.2 Å². The summed E-state index contributed by atoms with van der Waals surface area (Å²) in [5.41, 5.74) is 1.82. The molecule has 0 radical (unpaired) electrons. The van der Waals surface area contributed by atoms with Crippen molar-refractivity contribution in [1.82, 2.24) is 20.1 Å². The summed E-state index contributed by atoms with van der Waals surface area (Å²) >= 11 is 0. The van der Waals surface area contributed by atoms with Crippen LogP contribution in [0, 0.1) is 0 Å². The number of aryl methyl sites for hydroxylation is 2. The first-order valence-electron chi connectivity index (χ1n) is 8.20. The number of unbranched alkanes of at least 4 members (excludes halogenated alkanes) is 1. The van der Waals surface area contributed by atoms with Gasteiger partial charge in [-0.25, -0.2) is 9.78 Å². The maximum atomic E-state index is 11.9. The Morgan fingerprint density at radius 1 is 1.35 bits per heavy atom. The molecular weight excluding hydrogens is 294 g/mol. The molecule has 2 rings (SSSR count). The number of nitrogens with zero attached hydrogens (tertiary/aromatic N) is 3. The van der Waals surface area contributed by atoms with E-state index in [1.165, 1.54) is 0 Å². The number of hydrogen-bond acceptors (Lipinski definition) is 4. The molecule has 7 heteroatoms. The molecule has 0 aliphatic carbocycles. The van der Waals surface area contributed by atoms with Crippen LogP contribution in [-0.2, 0) is 13.0 Å². The number of aliphatic hydroxyl groups excluding tert-OH is 1. The number of urea groups is 1. The molecule has 2 heterocycles. The van der Waals surface area contributed by atoms with E-state index in [1.807, 2.05) is 17.7 Å². The number of aliphatic hydroxyl groups is 1. The minimum absolute atomic E-state index is 0.110. The Balaban J connectivity index is 2.22. The first kappa shape index (κ1) is 17.2. The molecule has 0 aromatic carbocycles. The highest BCUT2D eigenvalue weighted by molar-refractivity contribution is 5.91. The van der Waals surface area contributed by atoms with Gasteiger partial charge in [0.1, 0.15) is 5.82 Å². The van der Waals surface area contributed by atoms with Gasteiger partial charge >= 0.3 is 6.03 Å². The molecule has 2 amide bonds. The summed E-state index contributed by atoms with van der Waals surface area (Å²) < 4.78 is 1.89. The molecule has 0 fully saturated rings. The second-order valence-electron chi connectivity index (χ2n) is 5.41. The Labute approximate surface area is 136 Å². The number of hydrogen-bond donors (Lipinski definition) is 3. The van der Waals surface area contributed by atoms with Crippen molar-refractivity contribution in [2.45, 2.75) is 46.1 Å². The molecule has 126 valence electrons. The Kier molecular flexibility index (Phi) is 6.34. The lowest BCUT2D eigenvalue weighted by Crippen LogP contribution is -2.29. The highest BCUT2D eigenvalue weighted by Gasteiger charge is 2.12. The van der Waals surface area contributed by atoms with Gasteiger partial charge < -0.3 is 10.4 Å². The molecule has 2 aromatic heterocycles. The van der Waals surface area contributed by atoms with Crippen LogP contribution < -0.4 is 10.6 Å². The quantitative estimate of drug-likeness (QED) is 0.651. The minimum atomic E-state index is -0.249. The summed E-state index contributed by atoms with van der Waals surface area (Å²) in [7, 11) is 0. The van der Waals surface area contributed by atoms with Gasteiger partial charge in [-0.3, -0.25) is 10.00 Å². The molecule has 2 aromatic rings. The Hall–Kier alpha value is -2.15.